The zero-order chi connectivity index (χ0) is 20.3. The predicted octanol–water partition coefficient (Wildman–Crippen LogP) is 4.36. The second kappa shape index (κ2) is 12.1. The van der Waals surface area contributed by atoms with E-state index < -0.39 is 5.92 Å². The Kier molecular flexibility index (Phi) is 10.6. The van der Waals surface area contributed by atoms with E-state index in [0.717, 1.165) is 25.6 Å². The van der Waals surface area contributed by atoms with Crippen LogP contribution in [0.15, 0.2) is 33.8 Å². The summed E-state index contributed by atoms with van der Waals surface area (Å²) < 4.78 is 25.6. The highest BCUT2D eigenvalue weighted by atomic mass is 35.5. The van der Waals surface area contributed by atoms with Gasteiger partial charge in [0.05, 0.1) is 17.3 Å². The number of halogens is 3. The smallest absolute Gasteiger partial charge is 0.246 e. The highest BCUT2D eigenvalue weighted by Gasteiger charge is 2.21. The van der Waals surface area contributed by atoms with Gasteiger partial charge < -0.3 is 4.90 Å². The zero-order valence-electron chi connectivity index (χ0n) is 15.8. The summed E-state index contributed by atoms with van der Waals surface area (Å²) in [6, 6.07) is 0. The highest BCUT2D eigenvalue weighted by Crippen LogP contribution is 2.21. The summed E-state index contributed by atoms with van der Waals surface area (Å²) in [6.45, 7) is 7.51. The fraction of sp³-hybridized carbons (Fsp3) is 0.611. The molecule has 1 aliphatic rings. The van der Waals surface area contributed by atoms with Crippen molar-refractivity contribution in [2.45, 2.75) is 39.0 Å². The lowest BCUT2D eigenvalue weighted by Crippen LogP contribution is -2.32. The molecule has 0 spiro atoms. The van der Waals surface area contributed by atoms with Crippen molar-refractivity contribution in [3.8, 4) is 0 Å². The number of carbonyl (C=O) groups is 1. The van der Waals surface area contributed by atoms with Gasteiger partial charge in [0.2, 0.25) is 11.8 Å². The molecule has 0 atom stereocenters. The fourth-order valence-corrected chi connectivity index (χ4v) is 3.59. The summed E-state index contributed by atoms with van der Waals surface area (Å²) in [5, 5.41) is 5.51. The third-order valence-electron chi connectivity index (χ3n) is 3.77. The van der Waals surface area contributed by atoms with Crippen molar-refractivity contribution < 1.29 is 13.6 Å². The van der Waals surface area contributed by atoms with Crippen molar-refractivity contribution >= 4 is 42.2 Å². The average Bonchev–Trinajstić information content (AvgIpc) is 2.64. The Morgan fingerprint density at radius 2 is 2.26 bits per heavy atom. The number of allylic oxidation sites excluding steroid dienone is 2. The van der Waals surface area contributed by atoms with Crippen LogP contribution in [0.4, 0.5) is 8.78 Å². The van der Waals surface area contributed by atoms with Gasteiger partial charge in [-0.3, -0.25) is 9.79 Å². The first-order chi connectivity index (χ1) is 12.8. The van der Waals surface area contributed by atoms with Crippen LogP contribution in [0.2, 0.25) is 0 Å². The first-order valence-corrected chi connectivity index (χ1v) is 10.5. The molecule has 0 fully saturated rings. The lowest BCUT2D eigenvalue weighted by molar-refractivity contribution is -0.128. The van der Waals surface area contributed by atoms with Gasteiger partial charge >= 0.3 is 0 Å². The van der Waals surface area contributed by atoms with Gasteiger partial charge in [-0.25, -0.2) is 13.8 Å². The fourth-order valence-electron chi connectivity index (χ4n) is 2.35. The van der Waals surface area contributed by atoms with Crippen LogP contribution in [0.3, 0.4) is 0 Å². The molecule has 1 amide bonds. The number of rotatable bonds is 12. The number of amides is 1. The molecule has 152 valence electrons. The summed E-state index contributed by atoms with van der Waals surface area (Å²) >= 11 is 7.42. The maximum Gasteiger partial charge on any atom is 0.246 e. The van der Waals surface area contributed by atoms with Crippen LogP contribution in [0.25, 0.3) is 0 Å². The van der Waals surface area contributed by atoms with E-state index in [2.05, 4.69) is 16.8 Å². The van der Waals surface area contributed by atoms with E-state index in [0.29, 0.717) is 23.7 Å². The van der Waals surface area contributed by atoms with Crippen LogP contribution in [0, 0.1) is 0 Å². The summed E-state index contributed by atoms with van der Waals surface area (Å²) in [5.74, 6) is -1.83. The van der Waals surface area contributed by atoms with Crippen LogP contribution in [0.1, 0.15) is 33.1 Å². The molecule has 5 nitrogen and oxygen atoms in total. The molecule has 0 saturated heterocycles. The molecule has 0 N–H and O–H groups in total. The number of hydrogen-bond acceptors (Lipinski definition) is 5. The molecular formula is C18H27ClF2N4OS. The van der Waals surface area contributed by atoms with E-state index in [4.69, 9.17) is 11.6 Å². The molecule has 0 bridgehead atoms. The minimum atomic E-state index is -2.67. The third kappa shape index (κ3) is 8.88. The normalized spacial score (nSPS) is 14.7. The number of dihydropyridines is 1. The van der Waals surface area contributed by atoms with Crippen LogP contribution in [0.5, 0.6) is 0 Å². The molecule has 1 rings (SSSR count). The molecule has 9 heteroatoms. The number of carbonyl (C=O) groups excluding carboxylic acids is 1. The standard InChI is InChI=1S/C18H27ClF2N4OS/c1-4-24(17(26)7-10-27-11-8-18(2,20)21)16(12-19)14-25(22-3)15-6-5-9-23-13-15/h6,13-14H,3-5,7-12H2,1-2H3/b16-14+. The molecule has 0 aromatic rings. The first kappa shape index (κ1) is 23.6. The van der Waals surface area contributed by atoms with Gasteiger partial charge in [0.1, 0.15) is 0 Å². The van der Waals surface area contributed by atoms with Crippen molar-refractivity contribution in [3.63, 3.8) is 0 Å². The zero-order valence-corrected chi connectivity index (χ0v) is 17.4. The Hall–Kier alpha value is -1.41. The summed E-state index contributed by atoms with van der Waals surface area (Å²) in [6.07, 6.45) is 6.25. The van der Waals surface area contributed by atoms with Gasteiger partial charge in [0.15, 0.2) is 0 Å². The Balaban J connectivity index is 2.68. The van der Waals surface area contributed by atoms with Crippen molar-refractivity contribution in [2.24, 2.45) is 10.1 Å². The van der Waals surface area contributed by atoms with Gasteiger partial charge in [-0.1, -0.05) is 6.08 Å². The minimum absolute atomic E-state index is 0.101. The maximum absolute atomic E-state index is 12.8. The van der Waals surface area contributed by atoms with Crippen LogP contribution >= 0.6 is 23.4 Å². The van der Waals surface area contributed by atoms with Gasteiger partial charge in [0, 0.05) is 50.8 Å². The monoisotopic (exact) mass is 420 g/mol. The topological polar surface area (TPSA) is 48.3 Å². The van der Waals surface area contributed by atoms with E-state index in [9.17, 15) is 13.6 Å². The molecule has 1 heterocycles. The van der Waals surface area contributed by atoms with Gasteiger partial charge in [-0.15, -0.1) is 11.6 Å². The minimum Gasteiger partial charge on any atom is -0.314 e. The number of aliphatic imine (C=N–C) groups is 1. The van der Waals surface area contributed by atoms with Crippen molar-refractivity contribution in [3.05, 3.63) is 23.7 Å². The summed E-state index contributed by atoms with van der Waals surface area (Å²) in [4.78, 5) is 18.3. The Morgan fingerprint density at radius 3 is 2.78 bits per heavy atom. The van der Waals surface area contributed by atoms with Crippen LogP contribution in [-0.2, 0) is 4.79 Å². The molecule has 0 saturated carbocycles. The summed E-state index contributed by atoms with van der Waals surface area (Å²) in [5.41, 5.74) is 1.37. The quantitative estimate of drug-likeness (QED) is 0.204. The van der Waals surface area contributed by atoms with E-state index >= 15 is 0 Å². The van der Waals surface area contributed by atoms with E-state index in [1.165, 1.54) is 11.8 Å². The molecule has 0 unspecified atom stereocenters. The molecule has 0 radical (unpaired) electrons. The number of hydrogen-bond donors (Lipinski definition) is 0. The molecular weight excluding hydrogens is 394 g/mol. The molecule has 0 aromatic heterocycles. The molecule has 0 aromatic carbocycles. The second-order valence-electron chi connectivity index (χ2n) is 6.01. The van der Waals surface area contributed by atoms with Crippen molar-refractivity contribution in [2.75, 3.05) is 30.5 Å². The second-order valence-corrected chi connectivity index (χ2v) is 7.51. The van der Waals surface area contributed by atoms with Gasteiger partial charge in [-0.05, 0) is 26.0 Å². The van der Waals surface area contributed by atoms with Crippen LogP contribution < -0.4 is 0 Å². The SMILES string of the molecule is C=NN(/C=C(\CCl)N(CC)C(=O)CCSCCC(C)(F)F)C1=CCCN=C1. The molecule has 0 aliphatic carbocycles. The predicted molar refractivity (Wildman–Crippen MR) is 111 cm³/mol. The largest absolute Gasteiger partial charge is 0.314 e. The van der Waals surface area contributed by atoms with E-state index in [-0.39, 0.29) is 24.6 Å². The third-order valence-corrected chi connectivity index (χ3v) is 5.03. The van der Waals surface area contributed by atoms with Crippen molar-refractivity contribution in [1.29, 1.82) is 0 Å². The molecule has 27 heavy (non-hydrogen) atoms. The average molecular weight is 421 g/mol. The number of alkyl halides is 3. The van der Waals surface area contributed by atoms with E-state index in [1.54, 1.807) is 22.3 Å². The van der Waals surface area contributed by atoms with Crippen LogP contribution in [-0.4, -0.2) is 65.1 Å². The Labute approximate surface area is 169 Å². The van der Waals surface area contributed by atoms with E-state index in [1.807, 2.05) is 13.0 Å². The Bertz CT molecular complexity index is 590. The first-order valence-electron chi connectivity index (χ1n) is 8.80. The highest BCUT2D eigenvalue weighted by molar-refractivity contribution is 7.99. The maximum atomic E-state index is 12.8. The summed E-state index contributed by atoms with van der Waals surface area (Å²) in [7, 11) is 0. The van der Waals surface area contributed by atoms with Gasteiger partial charge in [-0.2, -0.15) is 16.9 Å². The van der Waals surface area contributed by atoms with Crippen molar-refractivity contribution in [1.82, 2.24) is 9.91 Å². The number of thioether (sulfide) groups is 1. The lowest BCUT2D eigenvalue weighted by Gasteiger charge is -2.25. The number of nitrogens with zero attached hydrogens (tertiary/aromatic N) is 4. The molecule has 1 aliphatic heterocycles. The lowest BCUT2D eigenvalue weighted by atomic mass is 10.2. The van der Waals surface area contributed by atoms with Gasteiger partial charge in [0.25, 0.3) is 0 Å². The Morgan fingerprint density at radius 1 is 1.52 bits per heavy atom. The number of hydrazone groups is 1.